The molecule has 0 unspecified atom stereocenters. The van der Waals surface area contributed by atoms with Crippen molar-refractivity contribution in [1.29, 1.82) is 0 Å². The van der Waals surface area contributed by atoms with E-state index in [9.17, 15) is 0 Å². The quantitative estimate of drug-likeness (QED) is 0.570. The maximum absolute atomic E-state index is 4.61. The van der Waals surface area contributed by atoms with Gasteiger partial charge in [-0.05, 0) is 31.5 Å². The first kappa shape index (κ1) is 9.80. The Hall–Kier alpha value is -1.40. The number of rotatable bonds is 0. The predicted molar refractivity (Wildman–Crippen MR) is 70.2 cm³/mol. The molecule has 3 aromatic rings. The molecule has 0 N–H and O–H groups in total. The summed E-state index contributed by atoms with van der Waals surface area (Å²) in [6.07, 6.45) is 0. The Morgan fingerprint density at radius 3 is 2.81 bits per heavy atom. The van der Waals surface area contributed by atoms with Gasteiger partial charge in [0.25, 0.3) is 0 Å². The predicted octanol–water partition coefficient (Wildman–Crippen LogP) is 3.92. The zero-order chi connectivity index (χ0) is 11.3. The maximum Gasteiger partial charge on any atom is 0.0775 e. The summed E-state index contributed by atoms with van der Waals surface area (Å²) in [7, 11) is 3.19. The van der Waals surface area contributed by atoms with Crippen LogP contribution in [-0.2, 0) is 7.05 Å². The summed E-state index contributed by atoms with van der Waals surface area (Å²) in [5, 5.41) is 2.58. The van der Waals surface area contributed by atoms with Crippen LogP contribution in [0.25, 0.3) is 21.5 Å². The fourth-order valence-electron chi connectivity index (χ4n) is 2.14. The van der Waals surface area contributed by atoms with Gasteiger partial charge in [-0.15, -0.1) is 0 Å². The van der Waals surface area contributed by atoms with Crippen molar-refractivity contribution in [2.75, 3.05) is 0 Å². The van der Waals surface area contributed by atoms with Gasteiger partial charge in [0.05, 0.1) is 11.0 Å². The van der Waals surface area contributed by atoms with Crippen molar-refractivity contribution >= 4 is 29.9 Å². The summed E-state index contributed by atoms with van der Waals surface area (Å²) >= 11 is 0. The van der Waals surface area contributed by atoms with E-state index in [0.717, 1.165) is 13.9 Å². The van der Waals surface area contributed by atoms with E-state index < -0.39 is 0 Å². The van der Waals surface area contributed by atoms with Crippen LogP contribution in [0.15, 0.2) is 24.3 Å². The van der Waals surface area contributed by atoms with Gasteiger partial charge in [0, 0.05) is 31.6 Å². The molecule has 0 saturated carbocycles. The van der Waals surface area contributed by atoms with Crippen LogP contribution >= 0.6 is 8.35 Å². The van der Waals surface area contributed by atoms with E-state index in [-0.39, 0.29) is 0 Å². The highest BCUT2D eigenvalue weighted by Crippen LogP contribution is 2.31. The molecule has 0 fully saturated rings. The molecule has 0 aliphatic heterocycles. The van der Waals surface area contributed by atoms with Crippen LogP contribution in [0.3, 0.4) is 0 Å². The lowest BCUT2D eigenvalue weighted by Crippen LogP contribution is -1.90. The molecular formula is C13H13N2P. The Morgan fingerprint density at radius 1 is 1.19 bits per heavy atom. The zero-order valence-corrected chi connectivity index (χ0v) is 10.5. The van der Waals surface area contributed by atoms with Crippen molar-refractivity contribution in [3.05, 3.63) is 35.5 Å². The number of fused-ring (bicyclic) bond motifs is 3. The van der Waals surface area contributed by atoms with E-state index in [1.54, 1.807) is 0 Å². The van der Waals surface area contributed by atoms with Crippen LogP contribution in [0.2, 0.25) is 0 Å². The summed E-state index contributed by atoms with van der Waals surface area (Å²) in [5.41, 5.74) is 5.01. The van der Waals surface area contributed by atoms with Crippen LogP contribution in [0.1, 0.15) is 11.3 Å². The van der Waals surface area contributed by atoms with Crippen molar-refractivity contribution in [2.45, 2.75) is 13.8 Å². The molecule has 16 heavy (non-hydrogen) atoms. The van der Waals surface area contributed by atoms with E-state index in [4.69, 9.17) is 0 Å². The minimum Gasteiger partial charge on any atom is -0.347 e. The molecule has 0 aliphatic rings. The molecule has 2 aromatic heterocycles. The third-order valence-electron chi connectivity index (χ3n) is 3.13. The minimum absolute atomic E-state index is 1.07. The fourth-order valence-corrected chi connectivity index (χ4v) is 3.13. The van der Waals surface area contributed by atoms with E-state index in [1.165, 1.54) is 27.3 Å². The van der Waals surface area contributed by atoms with Crippen molar-refractivity contribution in [1.82, 2.24) is 9.31 Å². The molecule has 1 aromatic carbocycles. The first-order valence-electron chi connectivity index (χ1n) is 5.36. The molecule has 0 bridgehead atoms. The summed E-state index contributed by atoms with van der Waals surface area (Å²) in [5.74, 6) is 0. The van der Waals surface area contributed by atoms with Crippen LogP contribution in [0, 0.1) is 13.8 Å². The monoisotopic (exact) mass is 228 g/mol. The van der Waals surface area contributed by atoms with Crippen LogP contribution in [0.5, 0.6) is 0 Å². The lowest BCUT2D eigenvalue weighted by Gasteiger charge is -2.03. The highest BCUT2D eigenvalue weighted by atomic mass is 31.0. The highest BCUT2D eigenvalue weighted by Gasteiger charge is 2.07. The van der Waals surface area contributed by atoms with Gasteiger partial charge in [-0.2, -0.15) is 0 Å². The van der Waals surface area contributed by atoms with E-state index in [1.807, 2.05) is 0 Å². The maximum atomic E-state index is 4.61. The number of aryl methyl sites for hydroxylation is 3. The normalized spacial score (nSPS) is 11.9. The standard InChI is InChI=1S/C13H13N2P/c1-8-4-5-10-11(6-8)14-16-12-7-9(2)15(3)13(10)12/h4-7H,1-3H3. The van der Waals surface area contributed by atoms with Gasteiger partial charge in [-0.1, -0.05) is 12.1 Å². The van der Waals surface area contributed by atoms with Crippen molar-refractivity contribution in [3.63, 3.8) is 0 Å². The number of hydrogen-bond donors (Lipinski definition) is 0. The Kier molecular flexibility index (Phi) is 2.02. The molecular weight excluding hydrogens is 215 g/mol. The third kappa shape index (κ3) is 1.27. The van der Waals surface area contributed by atoms with Crippen LogP contribution < -0.4 is 0 Å². The second-order valence-electron chi connectivity index (χ2n) is 4.30. The molecule has 0 saturated heterocycles. The van der Waals surface area contributed by atoms with Gasteiger partial charge in [0.2, 0.25) is 0 Å². The summed E-state index contributed by atoms with van der Waals surface area (Å²) in [4.78, 5) is 0. The molecule has 0 atom stereocenters. The summed E-state index contributed by atoms with van der Waals surface area (Å²) in [6, 6.07) is 8.72. The highest BCUT2D eigenvalue weighted by molar-refractivity contribution is 7.32. The molecule has 0 aliphatic carbocycles. The molecule has 0 radical (unpaired) electrons. The van der Waals surface area contributed by atoms with Crippen molar-refractivity contribution < 1.29 is 0 Å². The Morgan fingerprint density at radius 2 is 2.00 bits per heavy atom. The van der Waals surface area contributed by atoms with Crippen molar-refractivity contribution in [2.24, 2.45) is 7.05 Å². The molecule has 3 rings (SSSR count). The summed E-state index contributed by atoms with van der Waals surface area (Å²) in [6.45, 7) is 4.25. The first-order valence-corrected chi connectivity index (χ1v) is 6.20. The number of hydrogen-bond acceptors (Lipinski definition) is 1. The van der Waals surface area contributed by atoms with Gasteiger partial charge in [-0.3, -0.25) is 0 Å². The van der Waals surface area contributed by atoms with Gasteiger partial charge in [-0.25, -0.2) is 4.75 Å². The molecule has 80 valence electrons. The van der Waals surface area contributed by atoms with Crippen LogP contribution in [-0.4, -0.2) is 9.31 Å². The largest absolute Gasteiger partial charge is 0.347 e. The molecule has 2 nitrogen and oxygen atoms in total. The second kappa shape index (κ2) is 3.29. The summed E-state index contributed by atoms with van der Waals surface area (Å²) < 4.78 is 6.86. The topological polar surface area (TPSA) is 17.8 Å². The zero-order valence-electron chi connectivity index (χ0n) is 9.65. The Balaban J connectivity index is 2.57. The van der Waals surface area contributed by atoms with E-state index in [0.29, 0.717) is 0 Å². The van der Waals surface area contributed by atoms with Gasteiger partial charge >= 0.3 is 0 Å². The second-order valence-corrected chi connectivity index (χ2v) is 5.18. The third-order valence-corrected chi connectivity index (χ3v) is 4.00. The number of nitrogens with zero attached hydrogens (tertiary/aromatic N) is 2. The van der Waals surface area contributed by atoms with E-state index >= 15 is 0 Å². The van der Waals surface area contributed by atoms with Crippen LogP contribution in [0.4, 0.5) is 0 Å². The number of aromatic nitrogens is 2. The molecule has 2 heterocycles. The Labute approximate surface area is 96.1 Å². The molecule has 3 heteroatoms. The Bertz CT molecular complexity index is 698. The lowest BCUT2D eigenvalue weighted by molar-refractivity contribution is 0.921. The lowest BCUT2D eigenvalue weighted by atomic mass is 10.1. The van der Waals surface area contributed by atoms with Gasteiger partial charge in [0.15, 0.2) is 0 Å². The van der Waals surface area contributed by atoms with Gasteiger partial charge in [0.1, 0.15) is 0 Å². The average molecular weight is 228 g/mol. The fraction of sp³-hybridized carbons (Fsp3) is 0.231. The number of benzene rings is 1. The molecule has 0 spiro atoms. The SMILES string of the molecule is Cc1ccc2c(c1)npc1cc(C)n(C)c12. The van der Waals surface area contributed by atoms with Gasteiger partial charge < -0.3 is 4.57 Å². The average Bonchev–Trinajstić information content (AvgIpc) is 2.55. The first-order chi connectivity index (χ1) is 7.66. The minimum atomic E-state index is 1.07. The van der Waals surface area contributed by atoms with Crippen molar-refractivity contribution in [3.8, 4) is 0 Å². The van der Waals surface area contributed by atoms with E-state index in [2.05, 4.69) is 54.5 Å². The molecule has 0 amide bonds. The smallest absolute Gasteiger partial charge is 0.0775 e.